The molecule has 1 unspecified atom stereocenters. The molecular formula is C18H21NO3. The zero-order valence-electron chi connectivity index (χ0n) is 12.9. The van der Waals surface area contributed by atoms with Crippen LogP contribution in [0.1, 0.15) is 24.5 Å². The van der Waals surface area contributed by atoms with Gasteiger partial charge in [0.25, 0.3) is 0 Å². The molecule has 0 aliphatic carbocycles. The van der Waals surface area contributed by atoms with Crippen molar-refractivity contribution in [2.45, 2.75) is 25.5 Å². The van der Waals surface area contributed by atoms with E-state index in [4.69, 9.17) is 0 Å². The standard InChI is InChI=1S/C18H21NO3/c1-18(22,15-6-4-3-5-7-15)12-17(21)19(2)13-14-8-10-16(20)11-9-14/h3-11,20,22H,12-13H2,1-2H3. The number of phenols is 1. The minimum atomic E-state index is -1.19. The Labute approximate surface area is 130 Å². The number of hydrogen-bond donors (Lipinski definition) is 2. The Morgan fingerprint density at radius 3 is 2.27 bits per heavy atom. The zero-order valence-corrected chi connectivity index (χ0v) is 12.9. The van der Waals surface area contributed by atoms with Gasteiger partial charge >= 0.3 is 0 Å². The van der Waals surface area contributed by atoms with Crippen molar-refractivity contribution in [3.8, 4) is 5.75 Å². The summed E-state index contributed by atoms with van der Waals surface area (Å²) in [6.07, 6.45) is 0.0194. The van der Waals surface area contributed by atoms with Crippen molar-refractivity contribution in [2.24, 2.45) is 0 Å². The smallest absolute Gasteiger partial charge is 0.225 e. The molecule has 116 valence electrons. The number of aliphatic hydroxyl groups is 1. The molecule has 0 saturated heterocycles. The van der Waals surface area contributed by atoms with Crippen LogP contribution in [-0.4, -0.2) is 28.1 Å². The molecule has 22 heavy (non-hydrogen) atoms. The molecule has 4 heteroatoms. The van der Waals surface area contributed by atoms with Crippen molar-refractivity contribution in [3.63, 3.8) is 0 Å². The lowest BCUT2D eigenvalue weighted by Crippen LogP contribution is -2.34. The van der Waals surface area contributed by atoms with E-state index in [0.29, 0.717) is 6.54 Å². The molecule has 0 heterocycles. The number of aromatic hydroxyl groups is 1. The average Bonchev–Trinajstić information content (AvgIpc) is 2.50. The van der Waals surface area contributed by atoms with Gasteiger partial charge in [-0.05, 0) is 30.2 Å². The molecule has 4 nitrogen and oxygen atoms in total. The van der Waals surface area contributed by atoms with Crippen LogP contribution in [0.15, 0.2) is 54.6 Å². The fourth-order valence-corrected chi connectivity index (χ4v) is 2.29. The minimum absolute atomic E-state index is 0.0194. The van der Waals surface area contributed by atoms with Gasteiger partial charge in [0.1, 0.15) is 5.75 Å². The number of nitrogens with zero attached hydrogens (tertiary/aromatic N) is 1. The number of carbonyl (C=O) groups is 1. The molecule has 2 aromatic rings. The van der Waals surface area contributed by atoms with Crippen molar-refractivity contribution in [2.75, 3.05) is 7.05 Å². The molecule has 2 rings (SSSR count). The summed E-state index contributed by atoms with van der Waals surface area (Å²) in [6, 6.07) is 15.9. The Morgan fingerprint density at radius 1 is 1.09 bits per heavy atom. The first-order valence-corrected chi connectivity index (χ1v) is 7.18. The maximum atomic E-state index is 12.3. The van der Waals surface area contributed by atoms with E-state index < -0.39 is 5.60 Å². The molecular weight excluding hydrogens is 278 g/mol. The van der Waals surface area contributed by atoms with Crippen molar-refractivity contribution in [1.29, 1.82) is 0 Å². The van der Waals surface area contributed by atoms with Crippen LogP contribution >= 0.6 is 0 Å². The highest BCUT2D eigenvalue weighted by Gasteiger charge is 2.27. The van der Waals surface area contributed by atoms with E-state index in [-0.39, 0.29) is 18.1 Å². The molecule has 0 fully saturated rings. The summed E-state index contributed by atoms with van der Waals surface area (Å²) in [4.78, 5) is 13.9. The SMILES string of the molecule is CN(Cc1ccc(O)cc1)C(=O)CC(C)(O)c1ccccc1. The van der Waals surface area contributed by atoms with Crippen LogP contribution < -0.4 is 0 Å². The summed E-state index contributed by atoms with van der Waals surface area (Å²) in [5.74, 6) is 0.0617. The van der Waals surface area contributed by atoms with Crippen LogP contribution in [0.4, 0.5) is 0 Å². The molecule has 0 aliphatic heterocycles. The fraction of sp³-hybridized carbons (Fsp3) is 0.278. The summed E-state index contributed by atoms with van der Waals surface area (Å²) in [7, 11) is 1.70. The summed E-state index contributed by atoms with van der Waals surface area (Å²) in [5.41, 5.74) is 0.455. The van der Waals surface area contributed by atoms with Gasteiger partial charge in [0.15, 0.2) is 0 Å². The van der Waals surface area contributed by atoms with E-state index in [0.717, 1.165) is 11.1 Å². The van der Waals surface area contributed by atoms with Gasteiger partial charge in [0.05, 0.1) is 12.0 Å². The van der Waals surface area contributed by atoms with Gasteiger partial charge in [-0.1, -0.05) is 42.5 Å². The highest BCUT2D eigenvalue weighted by Crippen LogP contribution is 2.25. The highest BCUT2D eigenvalue weighted by molar-refractivity contribution is 5.77. The second-order valence-corrected chi connectivity index (χ2v) is 5.73. The third-order valence-electron chi connectivity index (χ3n) is 3.67. The van der Waals surface area contributed by atoms with E-state index in [1.165, 1.54) is 0 Å². The Morgan fingerprint density at radius 2 is 1.68 bits per heavy atom. The minimum Gasteiger partial charge on any atom is -0.508 e. The molecule has 1 atom stereocenters. The normalized spacial score (nSPS) is 13.4. The second kappa shape index (κ2) is 6.62. The van der Waals surface area contributed by atoms with Crippen LogP contribution in [-0.2, 0) is 16.9 Å². The molecule has 0 spiro atoms. The van der Waals surface area contributed by atoms with E-state index in [2.05, 4.69) is 0 Å². The predicted octanol–water partition coefficient (Wildman–Crippen LogP) is 2.65. The van der Waals surface area contributed by atoms with Crippen LogP contribution in [0.3, 0.4) is 0 Å². The van der Waals surface area contributed by atoms with E-state index in [9.17, 15) is 15.0 Å². The number of phenolic OH excluding ortho intramolecular Hbond substituents is 1. The van der Waals surface area contributed by atoms with E-state index >= 15 is 0 Å². The van der Waals surface area contributed by atoms with Crippen molar-refractivity contribution in [3.05, 3.63) is 65.7 Å². The van der Waals surface area contributed by atoms with Crippen LogP contribution in [0.5, 0.6) is 5.75 Å². The van der Waals surface area contributed by atoms with Crippen molar-refractivity contribution < 1.29 is 15.0 Å². The maximum absolute atomic E-state index is 12.3. The molecule has 1 amide bonds. The second-order valence-electron chi connectivity index (χ2n) is 5.73. The molecule has 0 aliphatic rings. The van der Waals surface area contributed by atoms with Gasteiger partial charge in [0, 0.05) is 13.6 Å². The Bertz CT molecular complexity index is 621. The van der Waals surface area contributed by atoms with E-state index in [1.807, 2.05) is 30.3 Å². The van der Waals surface area contributed by atoms with Gasteiger partial charge in [-0.15, -0.1) is 0 Å². The third kappa shape index (κ3) is 4.09. The third-order valence-corrected chi connectivity index (χ3v) is 3.67. The van der Waals surface area contributed by atoms with Gasteiger partial charge < -0.3 is 15.1 Å². The van der Waals surface area contributed by atoms with Gasteiger partial charge in [-0.25, -0.2) is 0 Å². The Hall–Kier alpha value is -2.33. The number of rotatable bonds is 5. The van der Waals surface area contributed by atoms with E-state index in [1.54, 1.807) is 43.1 Å². The predicted molar refractivity (Wildman–Crippen MR) is 85.2 cm³/mol. The van der Waals surface area contributed by atoms with Gasteiger partial charge in [-0.3, -0.25) is 4.79 Å². The first kappa shape index (κ1) is 16.0. The highest BCUT2D eigenvalue weighted by atomic mass is 16.3. The van der Waals surface area contributed by atoms with Crippen LogP contribution in [0.25, 0.3) is 0 Å². The fourth-order valence-electron chi connectivity index (χ4n) is 2.29. The number of carbonyl (C=O) groups excluding carboxylic acids is 1. The van der Waals surface area contributed by atoms with Crippen LogP contribution in [0, 0.1) is 0 Å². The first-order chi connectivity index (χ1) is 10.4. The first-order valence-electron chi connectivity index (χ1n) is 7.18. The monoisotopic (exact) mass is 299 g/mol. The Kier molecular flexibility index (Phi) is 4.83. The lowest BCUT2D eigenvalue weighted by molar-refractivity contribution is -0.135. The quantitative estimate of drug-likeness (QED) is 0.892. The average molecular weight is 299 g/mol. The molecule has 0 radical (unpaired) electrons. The number of hydrogen-bond acceptors (Lipinski definition) is 3. The lowest BCUT2D eigenvalue weighted by Gasteiger charge is -2.26. The molecule has 0 saturated carbocycles. The molecule has 0 bridgehead atoms. The molecule has 2 N–H and O–H groups in total. The van der Waals surface area contributed by atoms with Gasteiger partial charge in [0.2, 0.25) is 5.91 Å². The van der Waals surface area contributed by atoms with Crippen molar-refractivity contribution in [1.82, 2.24) is 4.90 Å². The van der Waals surface area contributed by atoms with Gasteiger partial charge in [-0.2, -0.15) is 0 Å². The number of benzene rings is 2. The summed E-state index contributed by atoms with van der Waals surface area (Å²) in [5, 5.41) is 19.8. The molecule has 0 aromatic heterocycles. The largest absolute Gasteiger partial charge is 0.508 e. The number of amides is 1. The summed E-state index contributed by atoms with van der Waals surface area (Å²) >= 11 is 0. The summed E-state index contributed by atoms with van der Waals surface area (Å²) in [6.45, 7) is 2.08. The lowest BCUT2D eigenvalue weighted by atomic mass is 9.92. The summed E-state index contributed by atoms with van der Waals surface area (Å²) < 4.78 is 0. The van der Waals surface area contributed by atoms with Crippen LogP contribution in [0.2, 0.25) is 0 Å². The molecule has 2 aromatic carbocycles. The topological polar surface area (TPSA) is 60.8 Å². The Balaban J connectivity index is 2.00. The maximum Gasteiger partial charge on any atom is 0.225 e. The van der Waals surface area contributed by atoms with Crippen molar-refractivity contribution >= 4 is 5.91 Å². The zero-order chi connectivity index (χ0) is 16.2.